The van der Waals surface area contributed by atoms with Crippen LogP contribution in [0.3, 0.4) is 0 Å². The lowest BCUT2D eigenvalue weighted by atomic mass is 10.1. The van der Waals surface area contributed by atoms with Gasteiger partial charge in [0.05, 0.1) is 17.6 Å². The average molecular weight is 341 g/mol. The van der Waals surface area contributed by atoms with E-state index in [1.54, 1.807) is 0 Å². The van der Waals surface area contributed by atoms with Crippen LogP contribution in [-0.4, -0.2) is 37.0 Å². The highest BCUT2D eigenvalue weighted by Gasteiger charge is 2.29. The molecule has 1 unspecified atom stereocenters. The van der Waals surface area contributed by atoms with Gasteiger partial charge in [-0.2, -0.15) is 0 Å². The van der Waals surface area contributed by atoms with E-state index in [0.29, 0.717) is 4.88 Å². The minimum absolute atomic E-state index is 0.116. The molecular weight excluding hydrogens is 326 g/mol. The summed E-state index contributed by atoms with van der Waals surface area (Å²) in [5.41, 5.74) is 5.11. The predicted octanol–water partition coefficient (Wildman–Crippen LogP) is -0.113. The Morgan fingerprint density at radius 3 is 2.83 bits per heavy atom. The lowest BCUT2D eigenvalue weighted by Gasteiger charge is -2.21. The Morgan fingerprint density at radius 1 is 1.48 bits per heavy atom. The van der Waals surface area contributed by atoms with Crippen LogP contribution in [0.25, 0.3) is 0 Å². The number of rotatable bonds is 5. The lowest BCUT2D eigenvalue weighted by Crippen LogP contribution is -2.52. The van der Waals surface area contributed by atoms with Crippen molar-refractivity contribution in [3.05, 3.63) is 15.8 Å². The molecule has 23 heavy (non-hydrogen) atoms. The summed E-state index contributed by atoms with van der Waals surface area (Å²) in [7, 11) is 1.37. The molecule has 9 nitrogen and oxygen atoms in total. The topological polar surface area (TPSA) is 137 Å². The number of piperidine rings is 1. The van der Waals surface area contributed by atoms with Crippen LogP contribution in [0.1, 0.15) is 28.1 Å². The summed E-state index contributed by atoms with van der Waals surface area (Å²) < 4.78 is 9.84. The quantitative estimate of drug-likeness (QED) is 0.639. The van der Waals surface area contributed by atoms with Crippen molar-refractivity contribution < 1.29 is 28.7 Å². The molecule has 1 aromatic heterocycles. The van der Waals surface area contributed by atoms with Crippen LogP contribution in [0.15, 0.2) is 5.38 Å². The molecular formula is C13H15N3O6S. The van der Waals surface area contributed by atoms with Crippen LogP contribution in [0.4, 0.5) is 4.79 Å². The number of carbonyl (C=O) groups excluding carboxylic acids is 4. The Labute approximate surface area is 135 Å². The molecule has 0 radical (unpaired) electrons. The molecule has 1 fully saturated rings. The summed E-state index contributed by atoms with van der Waals surface area (Å²) in [6, 6.07) is -0.782. The van der Waals surface area contributed by atoms with Gasteiger partial charge in [0.15, 0.2) is 0 Å². The number of thiophene rings is 1. The molecule has 2 heterocycles. The summed E-state index contributed by atoms with van der Waals surface area (Å²) >= 11 is 1.16. The molecule has 2 rings (SSSR count). The molecule has 1 atom stereocenters. The average Bonchev–Trinajstić information content (AvgIpc) is 2.90. The molecule has 1 aliphatic rings. The molecule has 0 aliphatic carbocycles. The van der Waals surface area contributed by atoms with Gasteiger partial charge in [-0.1, -0.05) is 0 Å². The largest absolute Gasteiger partial charge is 0.495 e. The second-order valence-electron chi connectivity index (χ2n) is 4.69. The van der Waals surface area contributed by atoms with Crippen LogP contribution >= 0.6 is 11.3 Å². The maximum absolute atomic E-state index is 12.3. The van der Waals surface area contributed by atoms with Crippen molar-refractivity contribution in [3.63, 3.8) is 0 Å². The molecule has 0 bridgehead atoms. The van der Waals surface area contributed by atoms with E-state index in [-0.39, 0.29) is 36.7 Å². The SMILES string of the molecule is COc1c(C(=O)NC2CCC(=O)NC2=O)csc1COC(N)=O. The maximum Gasteiger partial charge on any atom is 0.404 e. The molecule has 1 aromatic rings. The Kier molecular flexibility index (Phi) is 5.16. The van der Waals surface area contributed by atoms with Crippen LogP contribution in [0, 0.1) is 0 Å². The van der Waals surface area contributed by atoms with Gasteiger partial charge in [-0.3, -0.25) is 19.7 Å². The Balaban J connectivity index is 2.08. The number of ether oxygens (including phenoxy) is 2. The summed E-state index contributed by atoms with van der Waals surface area (Å²) in [6.45, 7) is -0.116. The second-order valence-corrected chi connectivity index (χ2v) is 5.65. The van der Waals surface area contributed by atoms with Gasteiger partial charge in [0, 0.05) is 11.8 Å². The first-order valence-corrected chi connectivity index (χ1v) is 7.51. The Hall–Kier alpha value is -2.62. The van der Waals surface area contributed by atoms with Crippen molar-refractivity contribution in [2.75, 3.05) is 7.11 Å². The summed E-state index contributed by atoms with van der Waals surface area (Å²) in [4.78, 5) is 46.2. The van der Waals surface area contributed by atoms with Gasteiger partial charge in [0.25, 0.3) is 5.91 Å². The van der Waals surface area contributed by atoms with E-state index >= 15 is 0 Å². The molecule has 4 amide bonds. The van der Waals surface area contributed by atoms with Crippen molar-refractivity contribution in [3.8, 4) is 5.75 Å². The number of hydrogen-bond donors (Lipinski definition) is 3. The van der Waals surface area contributed by atoms with Crippen LogP contribution < -0.4 is 21.1 Å². The molecule has 0 aromatic carbocycles. The molecule has 0 spiro atoms. The monoisotopic (exact) mass is 341 g/mol. The van der Waals surface area contributed by atoms with Gasteiger partial charge in [0.2, 0.25) is 11.8 Å². The molecule has 10 heteroatoms. The van der Waals surface area contributed by atoms with Gasteiger partial charge in [-0.05, 0) is 6.42 Å². The zero-order valence-corrected chi connectivity index (χ0v) is 13.0. The summed E-state index contributed by atoms with van der Waals surface area (Å²) in [6.07, 6.45) is -0.537. The highest BCUT2D eigenvalue weighted by molar-refractivity contribution is 7.10. The van der Waals surface area contributed by atoms with Gasteiger partial charge in [0.1, 0.15) is 18.4 Å². The van der Waals surface area contributed by atoms with E-state index in [4.69, 9.17) is 10.5 Å². The Morgan fingerprint density at radius 2 is 2.22 bits per heavy atom. The number of hydrogen-bond acceptors (Lipinski definition) is 7. The standard InChI is InChI=1S/C13H15N3O6S/c1-21-10-6(5-23-8(10)4-22-13(14)20)11(18)15-7-2-3-9(17)16-12(7)19/h5,7H,2-4H2,1H3,(H2,14,20)(H,15,18)(H,16,17,19). The fourth-order valence-corrected chi connectivity index (χ4v) is 2.97. The third-order valence-electron chi connectivity index (χ3n) is 3.16. The number of nitrogens with two attached hydrogens (primary N) is 1. The molecule has 1 aliphatic heterocycles. The third-order valence-corrected chi connectivity index (χ3v) is 4.10. The number of primary amides is 1. The zero-order valence-electron chi connectivity index (χ0n) is 12.2. The fourth-order valence-electron chi connectivity index (χ4n) is 2.07. The molecule has 124 valence electrons. The number of imide groups is 1. The Bertz CT molecular complexity index is 656. The van der Waals surface area contributed by atoms with Gasteiger partial charge < -0.3 is 20.5 Å². The predicted molar refractivity (Wildman–Crippen MR) is 78.9 cm³/mol. The van der Waals surface area contributed by atoms with Gasteiger partial charge in [-0.15, -0.1) is 11.3 Å². The molecule has 0 saturated carbocycles. The van der Waals surface area contributed by atoms with Crippen molar-refractivity contribution in [2.24, 2.45) is 5.73 Å². The van der Waals surface area contributed by atoms with Gasteiger partial charge in [-0.25, -0.2) is 4.79 Å². The van der Waals surface area contributed by atoms with E-state index < -0.39 is 23.9 Å². The first kappa shape index (κ1) is 16.7. The molecule has 1 saturated heterocycles. The smallest absolute Gasteiger partial charge is 0.404 e. The van der Waals surface area contributed by atoms with Crippen molar-refractivity contribution in [1.82, 2.24) is 10.6 Å². The number of amides is 4. The van der Waals surface area contributed by atoms with Crippen molar-refractivity contribution in [1.29, 1.82) is 0 Å². The first-order chi connectivity index (χ1) is 10.9. The number of methoxy groups -OCH3 is 1. The number of nitrogens with one attached hydrogen (secondary N) is 2. The van der Waals surface area contributed by atoms with Gasteiger partial charge >= 0.3 is 6.09 Å². The highest BCUT2D eigenvalue weighted by Crippen LogP contribution is 2.31. The summed E-state index contributed by atoms with van der Waals surface area (Å²) in [5, 5.41) is 6.24. The third kappa shape index (κ3) is 3.97. The highest BCUT2D eigenvalue weighted by atomic mass is 32.1. The van der Waals surface area contributed by atoms with Crippen molar-refractivity contribution in [2.45, 2.75) is 25.5 Å². The van der Waals surface area contributed by atoms with E-state index in [9.17, 15) is 19.2 Å². The molecule has 4 N–H and O–H groups in total. The zero-order chi connectivity index (χ0) is 17.0. The van der Waals surface area contributed by atoms with Crippen LogP contribution in [-0.2, 0) is 20.9 Å². The van der Waals surface area contributed by atoms with E-state index in [1.807, 2.05) is 0 Å². The van der Waals surface area contributed by atoms with Crippen LogP contribution in [0.2, 0.25) is 0 Å². The maximum atomic E-state index is 12.3. The van der Waals surface area contributed by atoms with E-state index in [2.05, 4.69) is 15.4 Å². The number of carbonyl (C=O) groups is 4. The normalized spacial score (nSPS) is 17.3. The van der Waals surface area contributed by atoms with E-state index in [0.717, 1.165) is 11.3 Å². The second kappa shape index (κ2) is 7.09. The fraction of sp³-hybridized carbons (Fsp3) is 0.385. The van der Waals surface area contributed by atoms with Crippen LogP contribution in [0.5, 0.6) is 5.75 Å². The lowest BCUT2D eigenvalue weighted by molar-refractivity contribution is -0.134. The van der Waals surface area contributed by atoms with E-state index in [1.165, 1.54) is 12.5 Å². The first-order valence-electron chi connectivity index (χ1n) is 6.63. The van der Waals surface area contributed by atoms with Crippen molar-refractivity contribution >= 4 is 35.2 Å². The minimum atomic E-state index is -0.935. The minimum Gasteiger partial charge on any atom is -0.495 e. The summed E-state index contributed by atoms with van der Waals surface area (Å²) in [5.74, 6) is -1.17.